The van der Waals surface area contributed by atoms with Gasteiger partial charge < -0.3 is 5.73 Å². The third-order valence-corrected chi connectivity index (χ3v) is 4.96. The van der Waals surface area contributed by atoms with Gasteiger partial charge in [-0.05, 0) is 37.5 Å². The Kier molecular flexibility index (Phi) is 3.14. The molecule has 0 aliphatic carbocycles. The van der Waals surface area contributed by atoms with Crippen molar-refractivity contribution in [2.45, 2.75) is 26.3 Å². The Morgan fingerprint density at radius 1 is 1.47 bits per heavy atom. The number of hydrogen-bond acceptors (Lipinski definition) is 3. The van der Waals surface area contributed by atoms with Gasteiger partial charge in [0.05, 0.1) is 11.4 Å². The number of nitrogens with two attached hydrogens (primary N) is 1. The van der Waals surface area contributed by atoms with Crippen LogP contribution in [0.5, 0.6) is 0 Å². The largest absolute Gasteiger partial charge is 0.324 e. The van der Waals surface area contributed by atoms with E-state index in [-0.39, 0.29) is 11.8 Å². The van der Waals surface area contributed by atoms with Crippen LogP contribution in [0, 0.1) is 0 Å². The zero-order chi connectivity index (χ0) is 12.6. The summed E-state index contributed by atoms with van der Waals surface area (Å²) in [7, 11) is -3.14. The standard InChI is InChI=1S/C12H18N2O2S/c1-3-17(15,16)14-7-6-11-8-10(9(2)13)4-5-12(11)14/h4-5,8-9H,3,6-7,13H2,1-2H3. The molecule has 2 rings (SSSR count). The smallest absolute Gasteiger partial charge is 0.234 e. The number of benzene rings is 1. The van der Waals surface area contributed by atoms with Gasteiger partial charge in [-0.2, -0.15) is 0 Å². The van der Waals surface area contributed by atoms with Gasteiger partial charge in [0.1, 0.15) is 0 Å². The fraction of sp³-hybridized carbons (Fsp3) is 0.500. The Bertz CT molecular complexity index is 523. The van der Waals surface area contributed by atoms with E-state index in [9.17, 15) is 8.42 Å². The van der Waals surface area contributed by atoms with Crippen molar-refractivity contribution in [2.24, 2.45) is 5.73 Å². The Hall–Kier alpha value is -1.07. The van der Waals surface area contributed by atoms with Crippen LogP contribution in [0.1, 0.15) is 31.0 Å². The van der Waals surface area contributed by atoms with E-state index in [1.165, 1.54) is 4.31 Å². The van der Waals surface area contributed by atoms with E-state index in [1.807, 2.05) is 25.1 Å². The SMILES string of the molecule is CCS(=O)(=O)N1CCc2cc(C(C)N)ccc21. The first kappa shape index (κ1) is 12.4. The van der Waals surface area contributed by atoms with E-state index in [2.05, 4.69) is 0 Å². The Labute approximate surface area is 102 Å². The van der Waals surface area contributed by atoms with E-state index < -0.39 is 10.0 Å². The summed E-state index contributed by atoms with van der Waals surface area (Å²) in [5.41, 5.74) is 8.77. The average Bonchev–Trinajstić information content (AvgIpc) is 2.72. The predicted molar refractivity (Wildman–Crippen MR) is 69.6 cm³/mol. The van der Waals surface area contributed by atoms with E-state index in [1.54, 1.807) is 6.92 Å². The van der Waals surface area contributed by atoms with Crippen molar-refractivity contribution >= 4 is 15.7 Å². The maximum atomic E-state index is 11.9. The lowest BCUT2D eigenvalue weighted by molar-refractivity contribution is 0.593. The van der Waals surface area contributed by atoms with E-state index in [0.717, 1.165) is 23.2 Å². The van der Waals surface area contributed by atoms with Crippen molar-refractivity contribution in [3.63, 3.8) is 0 Å². The molecule has 1 aliphatic heterocycles. The monoisotopic (exact) mass is 254 g/mol. The molecular formula is C12H18N2O2S. The van der Waals surface area contributed by atoms with Crippen LogP contribution in [0.25, 0.3) is 0 Å². The number of anilines is 1. The summed E-state index contributed by atoms with van der Waals surface area (Å²) in [5.74, 6) is 0.140. The van der Waals surface area contributed by atoms with Crippen LogP contribution in [0.3, 0.4) is 0 Å². The first-order valence-electron chi connectivity index (χ1n) is 5.84. The van der Waals surface area contributed by atoms with E-state index >= 15 is 0 Å². The van der Waals surface area contributed by atoms with Gasteiger partial charge in [-0.1, -0.05) is 12.1 Å². The summed E-state index contributed by atoms with van der Waals surface area (Å²) in [4.78, 5) is 0. The minimum atomic E-state index is -3.14. The maximum absolute atomic E-state index is 11.9. The number of hydrogen-bond donors (Lipinski definition) is 1. The minimum absolute atomic E-state index is 0.0165. The Morgan fingerprint density at radius 2 is 2.18 bits per heavy atom. The molecule has 0 bridgehead atoms. The van der Waals surface area contributed by atoms with Crippen LogP contribution in [-0.4, -0.2) is 20.7 Å². The van der Waals surface area contributed by atoms with Gasteiger partial charge in [0.15, 0.2) is 0 Å². The topological polar surface area (TPSA) is 63.4 Å². The van der Waals surface area contributed by atoms with Gasteiger partial charge in [-0.15, -0.1) is 0 Å². The molecule has 4 nitrogen and oxygen atoms in total. The van der Waals surface area contributed by atoms with Crippen LogP contribution in [0.4, 0.5) is 5.69 Å². The molecule has 0 saturated carbocycles. The Balaban J connectivity index is 2.41. The van der Waals surface area contributed by atoms with Gasteiger partial charge in [0.25, 0.3) is 0 Å². The molecule has 5 heteroatoms. The molecule has 0 fully saturated rings. The average molecular weight is 254 g/mol. The lowest BCUT2D eigenvalue weighted by Crippen LogP contribution is -2.30. The highest BCUT2D eigenvalue weighted by Crippen LogP contribution is 2.32. The zero-order valence-electron chi connectivity index (χ0n) is 10.2. The van der Waals surface area contributed by atoms with Crippen molar-refractivity contribution in [2.75, 3.05) is 16.6 Å². The van der Waals surface area contributed by atoms with E-state index in [4.69, 9.17) is 5.73 Å². The van der Waals surface area contributed by atoms with Crippen LogP contribution >= 0.6 is 0 Å². The van der Waals surface area contributed by atoms with Gasteiger partial charge in [-0.3, -0.25) is 4.31 Å². The maximum Gasteiger partial charge on any atom is 0.234 e. The fourth-order valence-electron chi connectivity index (χ4n) is 2.12. The highest BCUT2D eigenvalue weighted by Gasteiger charge is 2.28. The number of nitrogens with zero attached hydrogens (tertiary/aromatic N) is 1. The number of sulfonamides is 1. The first-order valence-corrected chi connectivity index (χ1v) is 7.45. The zero-order valence-corrected chi connectivity index (χ0v) is 11.0. The summed E-state index contributed by atoms with van der Waals surface area (Å²) >= 11 is 0. The highest BCUT2D eigenvalue weighted by molar-refractivity contribution is 7.92. The predicted octanol–water partition coefficient (Wildman–Crippen LogP) is 1.42. The highest BCUT2D eigenvalue weighted by atomic mass is 32.2. The number of fused-ring (bicyclic) bond motifs is 1. The second kappa shape index (κ2) is 4.31. The third kappa shape index (κ3) is 2.17. The lowest BCUT2D eigenvalue weighted by atomic mass is 10.0. The van der Waals surface area contributed by atoms with E-state index in [0.29, 0.717) is 6.54 Å². The minimum Gasteiger partial charge on any atom is -0.324 e. The molecule has 0 aromatic heterocycles. The van der Waals surface area contributed by atoms with Crippen LogP contribution in [0.2, 0.25) is 0 Å². The van der Waals surface area contributed by atoms with Gasteiger partial charge in [0, 0.05) is 12.6 Å². The normalized spacial score (nSPS) is 17.0. The lowest BCUT2D eigenvalue weighted by Gasteiger charge is -2.18. The summed E-state index contributed by atoms with van der Waals surface area (Å²) in [6.07, 6.45) is 0.773. The molecule has 0 saturated heterocycles. The van der Waals surface area contributed by atoms with Crippen LogP contribution in [0.15, 0.2) is 18.2 Å². The molecule has 94 valence electrons. The van der Waals surface area contributed by atoms with Crippen molar-refractivity contribution in [1.29, 1.82) is 0 Å². The molecule has 1 unspecified atom stereocenters. The molecule has 1 aliphatic rings. The molecule has 0 spiro atoms. The second-order valence-corrected chi connectivity index (χ2v) is 6.58. The van der Waals surface area contributed by atoms with Crippen LogP contribution in [-0.2, 0) is 16.4 Å². The van der Waals surface area contributed by atoms with Crippen molar-refractivity contribution in [3.05, 3.63) is 29.3 Å². The third-order valence-electron chi connectivity index (χ3n) is 3.18. The molecule has 1 heterocycles. The molecule has 1 aromatic rings. The molecule has 1 atom stereocenters. The van der Waals surface area contributed by atoms with Crippen molar-refractivity contribution in [3.8, 4) is 0 Å². The molecule has 0 radical (unpaired) electrons. The molecule has 2 N–H and O–H groups in total. The molecule has 0 amide bonds. The first-order chi connectivity index (χ1) is 7.95. The van der Waals surface area contributed by atoms with Gasteiger partial charge in [0.2, 0.25) is 10.0 Å². The summed E-state index contributed by atoms with van der Waals surface area (Å²) in [5, 5.41) is 0. The second-order valence-electron chi connectivity index (χ2n) is 4.40. The Morgan fingerprint density at radius 3 is 2.76 bits per heavy atom. The van der Waals surface area contributed by atoms with Crippen molar-refractivity contribution < 1.29 is 8.42 Å². The van der Waals surface area contributed by atoms with Gasteiger partial charge in [-0.25, -0.2) is 8.42 Å². The molecular weight excluding hydrogens is 236 g/mol. The summed E-state index contributed by atoms with van der Waals surface area (Å²) in [6, 6.07) is 5.78. The molecule has 1 aromatic carbocycles. The summed E-state index contributed by atoms with van der Waals surface area (Å²) < 4.78 is 25.3. The number of rotatable bonds is 3. The summed E-state index contributed by atoms with van der Waals surface area (Å²) in [6.45, 7) is 4.15. The fourth-order valence-corrected chi connectivity index (χ4v) is 3.28. The quantitative estimate of drug-likeness (QED) is 0.887. The van der Waals surface area contributed by atoms with Crippen molar-refractivity contribution in [1.82, 2.24) is 0 Å². The molecule has 17 heavy (non-hydrogen) atoms. The van der Waals surface area contributed by atoms with Crippen LogP contribution < -0.4 is 10.0 Å². The van der Waals surface area contributed by atoms with Gasteiger partial charge >= 0.3 is 0 Å².